The van der Waals surface area contributed by atoms with Gasteiger partial charge >= 0.3 is 0 Å². The summed E-state index contributed by atoms with van der Waals surface area (Å²) in [5.74, 6) is -0.353. The van der Waals surface area contributed by atoms with Crippen LogP contribution < -0.4 is 5.32 Å². The number of β-amino-alcohol motifs (C(OH)–C–C–N with tert-alkyl or cyclic N) is 1. The largest absolute Gasteiger partial charge is 0.391 e. The number of benzene rings is 1. The van der Waals surface area contributed by atoms with Crippen LogP contribution in [-0.4, -0.2) is 45.5 Å². The maximum absolute atomic E-state index is 13.5. The van der Waals surface area contributed by atoms with Crippen LogP contribution >= 0.6 is 11.3 Å². The molecule has 1 aromatic carbocycles. The lowest BCUT2D eigenvalue weighted by atomic mass is 9.73. The summed E-state index contributed by atoms with van der Waals surface area (Å²) in [5, 5.41) is 13.4. The van der Waals surface area contributed by atoms with Crippen LogP contribution in [0.2, 0.25) is 0 Å². The van der Waals surface area contributed by atoms with E-state index in [0.29, 0.717) is 0 Å². The predicted molar refractivity (Wildman–Crippen MR) is 133 cm³/mol. The molecule has 1 aliphatic heterocycles. The minimum absolute atomic E-state index is 0.0499. The molecule has 0 spiro atoms. The Morgan fingerprint density at radius 3 is 2.33 bits per heavy atom. The summed E-state index contributed by atoms with van der Waals surface area (Å²) < 4.78 is 0. The number of thiazole rings is 1. The number of amides is 2. The van der Waals surface area contributed by atoms with Gasteiger partial charge in [-0.15, -0.1) is 11.3 Å². The molecule has 0 saturated carbocycles. The summed E-state index contributed by atoms with van der Waals surface area (Å²) in [6.07, 6.45) is -0.419. The highest BCUT2D eigenvalue weighted by Crippen LogP contribution is 2.36. The number of aliphatic hydroxyl groups excluding tert-OH is 1. The number of carbonyl (C=O) groups excluding carboxylic acids is 2. The SMILES string of the molecule is Cc1ncsc1-c1ccc([C@H](C)NC(=O)[C@@H]2C[C@@H](O)CN2C(=O)C(C(C)C)C(C)(C)C)cc1. The highest BCUT2D eigenvalue weighted by molar-refractivity contribution is 7.13. The van der Waals surface area contributed by atoms with Gasteiger partial charge in [0.15, 0.2) is 0 Å². The zero-order valence-corrected chi connectivity index (χ0v) is 21.6. The normalized spacial score (nSPS) is 20.7. The molecule has 180 valence electrons. The van der Waals surface area contributed by atoms with E-state index >= 15 is 0 Å². The van der Waals surface area contributed by atoms with E-state index in [1.807, 2.05) is 57.5 Å². The maximum Gasteiger partial charge on any atom is 0.243 e. The summed E-state index contributed by atoms with van der Waals surface area (Å²) in [5.41, 5.74) is 4.71. The van der Waals surface area contributed by atoms with E-state index in [4.69, 9.17) is 0 Å². The summed E-state index contributed by atoms with van der Waals surface area (Å²) in [4.78, 5) is 33.7. The van der Waals surface area contributed by atoms with E-state index in [0.717, 1.165) is 21.7 Å². The van der Waals surface area contributed by atoms with Crippen molar-refractivity contribution in [2.24, 2.45) is 17.3 Å². The molecule has 2 N–H and O–H groups in total. The van der Waals surface area contributed by atoms with E-state index in [-0.39, 0.29) is 48.1 Å². The molecule has 1 unspecified atom stereocenters. The number of nitrogens with one attached hydrogen (secondary N) is 1. The molecule has 4 atom stereocenters. The summed E-state index contributed by atoms with van der Waals surface area (Å²) in [6.45, 7) is 14.4. The van der Waals surface area contributed by atoms with Gasteiger partial charge in [-0.2, -0.15) is 0 Å². The molecule has 1 fully saturated rings. The Kier molecular flexibility index (Phi) is 7.64. The second kappa shape index (κ2) is 9.94. The summed E-state index contributed by atoms with van der Waals surface area (Å²) >= 11 is 1.61. The van der Waals surface area contributed by atoms with Gasteiger partial charge in [0.1, 0.15) is 6.04 Å². The van der Waals surface area contributed by atoms with Crippen LogP contribution in [0, 0.1) is 24.2 Å². The van der Waals surface area contributed by atoms with Crippen LogP contribution in [0.5, 0.6) is 0 Å². The van der Waals surface area contributed by atoms with Crippen molar-refractivity contribution in [2.75, 3.05) is 6.54 Å². The Morgan fingerprint density at radius 1 is 1.18 bits per heavy atom. The lowest BCUT2D eigenvalue weighted by molar-refractivity contribution is -0.146. The third-order valence-corrected chi connectivity index (χ3v) is 7.49. The summed E-state index contributed by atoms with van der Waals surface area (Å²) in [6, 6.07) is 7.25. The van der Waals surface area contributed by atoms with Crippen LogP contribution in [0.3, 0.4) is 0 Å². The first-order valence-electron chi connectivity index (χ1n) is 11.7. The number of likely N-dealkylation sites (tertiary alicyclic amines) is 1. The summed E-state index contributed by atoms with van der Waals surface area (Å²) in [7, 11) is 0. The molecule has 1 saturated heterocycles. The Labute approximate surface area is 201 Å². The third-order valence-electron chi connectivity index (χ3n) is 6.51. The fourth-order valence-corrected chi connectivity index (χ4v) is 5.85. The van der Waals surface area contributed by atoms with Crippen LogP contribution in [0.25, 0.3) is 10.4 Å². The van der Waals surface area contributed by atoms with E-state index in [1.165, 1.54) is 0 Å². The van der Waals surface area contributed by atoms with Crippen molar-refractivity contribution in [3.63, 3.8) is 0 Å². The van der Waals surface area contributed by atoms with Crippen molar-refractivity contribution in [3.8, 4) is 10.4 Å². The van der Waals surface area contributed by atoms with Crippen molar-refractivity contribution in [1.29, 1.82) is 0 Å². The lowest BCUT2D eigenvalue weighted by Gasteiger charge is -2.37. The van der Waals surface area contributed by atoms with Gasteiger partial charge in [-0.05, 0) is 36.3 Å². The Hall–Kier alpha value is -2.25. The number of aliphatic hydroxyl groups is 1. The third kappa shape index (κ3) is 5.64. The molecule has 1 aliphatic rings. The Bertz CT molecular complexity index is 977. The average Bonchev–Trinajstić information content (AvgIpc) is 3.32. The first-order valence-corrected chi connectivity index (χ1v) is 12.6. The average molecular weight is 472 g/mol. The number of rotatable bonds is 6. The minimum Gasteiger partial charge on any atom is -0.391 e. The van der Waals surface area contributed by atoms with Gasteiger partial charge in [0.25, 0.3) is 0 Å². The zero-order chi connectivity index (χ0) is 24.5. The predicted octanol–water partition coefficient (Wildman–Crippen LogP) is 4.58. The highest BCUT2D eigenvalue weighted by Gasteiger charge is 2.44. The van der Waals surface area contributed by atoms with Gasteiger partial charge < -0.3 is 15.3 Å². The number of nitrogens with zero attached hydrogens (tertiary/aromatic N) is 2. The number of hydrogen-bond donors (Lipinski definition) is 2. The Balaban J connectivity index is 1.72. The van der Waals surface area contributed by atoms with Crippen molar-refractivity contribution in [3.05, 3.63) is 41.0 Å². The van der Waals surface area contributed by atoms with Gasteiger partial charge in [-0.1, -0.05) is 58.9 Å². The Morgan fingerprint density at radius 2 is 1.82 bits per heavy atom. The molecular formula is C26H37N3O3S. The molecule has 0 radical (unpaired) electrons. The van der Waals surface area contributed by atoms with Gasteiger partial charge in [-0.3, -0.25) is 9.59 Å². The topological polar surface area (TPSA) is 82.5 Å². The molecular weight excluding hydrogens is 434 g/mol. The van der Waals surface area contributed by atoms with Crippen LogP contribution in [0.1, 0.15) is 65.3 Å². The van der Waals surface area contributed by atoms with E-state index < -0.39 is 12.1 Å². The standard InChI is InChI=1S/C26H37N3O3S/c1-15(2)22(26(5,6)7)25(32)29-13-20(30)12-21(29)24(31)28-16(3)18-8-10-19(11-9-18)23-17(4)27-14-33-23/h8-11,14-16,20-22,30H,12-13H2,1-7H3,(H,28,31)/t16-,20+,21-,22?/m0/s1. The fraction of sp³-hybridized carbons (Fsp3) is 0.577. The molecule has 2 heterocycles. The zero-order valence-electron chi connectivity index (χ0n) is 20.8. The van der Waals surface area contributed by atoms with Gasteiger partial charge in [0.2, 0.25) is 11.8 Å². The number of carbonyl (C=O) groups is 2. The number of aromatic nitrogens is 1. The first-order chi connectivity index (χ1) is 15.4. The van der Waals surface area contributed by atoms with Crippen molar-refractivity contribution in [2.45, 2.75) is 73.1 Å². The second-order valence-corrected chi connectivity index (χ2v) is 11.5. The van der Waals surface area contributed by atoms with Crippen molar-refractivity contribution in [1.82, 2.24) is 15.2 Å². The number of aryl methyl sites for hydroxylation is 1. The maximum atomic E-state index is 13.5. The van der Waals surface area contributed by atoms with Crippen LogP contribution in [-0.2, 0) is 9.59 Å². The van der Waals surface area contributed by atoms with Crippen LogP contribution in [0.4, 0.5) is 0 Å². The molecule has 2 aromatic rings. The molecule has 6 nitrogen and oxygen atoms in total. The highest BCUT2D eigenvalue weighted by atomic mass is 32.1. The molecule has 1 aromatic heterocycles. The van der Waals surface area contributed by atoms with E-state index in [9.17, 15) is 14.7 Å². The second-order valence-electron chi connectivity index (χ2n) is 10.6. The quantitative estimate of drug-likeness (QED) is 0.646. The first kappa shape index (κ1) is 25.4. The van der Waals surface area contributed by atoms with Crippen molar-refractivity contribution >= 4 is 23.2 Å². The van der Waals surface area contributed by atoms with Crippen LogP contribution in [0.15, 0.2) is 29.8 Å². The van der Waals surface area contributed by atoms with Gasteiger partial charge in [-0.25, -0.2) is 4.98 Å². The molecule has 0 aliphatic carbocycles. The molecule has 7 heteroatoms. The molecule has 0 bridgehead atoms. The van der Waals surface area contributed by atoms with Gasteiger partial charge in [0, 0.05) is 18.9 Å². The smallest absolute Gasteiger partial charge is 0.243 e. The van der Waals surface area contributed by atoms with Gasteiger partial charge in [0.05, 0.1) is 28.2 Å². The van der Waals surface area contributed by atoms with Crippen molar-refractivity contribution < 1.29 is 14.7 Å². The van der Waals surface area contributed by atoms with E-state index in [2.05, 4.69) is 31.1 Å². The molecule has 33 heavy (non-hydrogen) atoms. The van der Waals surface area contributed by atoms with E-state index in [1.54, 1.807) is 16.2 Å². The monoisotopic (exact) mass is 471 g/mol. The minimum atomic E-state index is -0.685. The number of hydrogen-bond acceptors (Lipinski definition) is 5. The molecule has 2 amide bonds. The fourth-order valence-electron chi connectivity index (χ4n) is 5.04. The molecule has 3 rings (SSSR count). The lowest BCUT2D eigenvalue weighted by Crippen LogP contribution is -2.51.